The number of nitrogens with zero attached hydrogens (tertiary/aromatic N) is 2. The van der Waals surface area contributed by atoms with Gasteiger partial charge in [-0.05, 0) is 53.6 Å². The molecular weight excluding hydrogens is 375 g/mol. The van der Waals surface area contributed by atoms with Crippen molar-refractivity contribution in [3.05, 3.63) is 57.4 Å². The van der Waals surface area contributed by atoms with E-state index in [1.54, 1.807) is 0 Å². The zero-order chi connectivity index (χ0) is 14.7. The Balaban J connectivity index is 1.76. The maximum atomic E-state index is 9.47. The molecule has 1 aliphatic heterocycles. The average Bonchev–Trinajstić information content (AvgIpc) is 3.07. The lowest BCUT2D eigenvalue weighted by atomic mass is 10.2. The van der Waals surface area contributed by atoms with Gasteiger partial charge in [-0.25, -0.2) is 0 Å². The largest absolute Gasteiger partial charge is 0.395 e. The third-order valence-electron chi connectivity index (χ3n) is 4.22. The van der Waals surface area contributed by atoms with Gasteiger partial charge in [-0.1, -0.05) is 30.3 Å². The number of hydrogen-bond donors (Lipinski definition) is 1. The monoisotopic (exact) mass is 396 g/mol. The molecule has 0 bridgehead atoms. The molecule has 112 valence electrons. The SMILES string of the molecule is OC[C@@H]1CCCN1Cc1cc(I)cn1Cc1ccccc1. The van der Waals surface area contributed by atoms with Crippen molar-refractivity contribution in [1.29, 1.82) is 0 Å². The van der Waals surface area contributed by atoms with Crippen molar-refractivity contribution in [2.24, 2.45) is 0 Å². The van der Waals surface area contributed by atoms with Crippen LogP contribution in [-0.2, 0) is 13.1 Å². The molecule has 0 amide bonds. The van der Waals surface area contributed by atoms with Crippen molar-refractivity contribution < 1.29 is 5.11 Å². The third kappa shape index (κ3) is 3.67. The number of hydrogen-bond acceptors (Lipinski definition) is 2. The van der Waals surface area contributed by atoms with Crippen LogP contribution in [0.4, 0.5) is 0 Å². The highest BCUT2D eigenvalue weighted by atomic mass is 127. The maximum Gasteiger partial charge on any atom is 0.0587 e. The van der Waals surface area contributed by atoms with E-state index in [1.165, 1.54) is 21.2 Å². The molecule has 0 saturated carbocycles. The minimum Gasteiger partial charge on any atom is -0.395 e. The van der Waals surface area contributed by atoms with Crippen LogP contribution in [-0.4, -0.2) is 33.8 Å². The zero-order valence-corrected chi connectivity index (χ0v) is 14.2. The van der Waals surface area contributed by atoms with Gasteiger partial charge in [0, 0.05) is 34.6 Å². The summed E-state index contributed by atoms with van der Waals surface area (Å²) in [5, 5.41) is 9.47. The molecule has 2 aromatic rings. The van der Waals surface area contributed by atoms with Crippen LogP contribution in [0.3, 0.4) is 0 Å². The molecule has 1 N–H and O–H groups in total. The van der Waals surface area contributed by atoms with Gasteiger partial charge in [0.2, 0.25) is 0 Å². The van der Waals surface area contributed by atoms with Crippen molar-refractivity contribution in [3.8, 4) is 0 Å². The van der Waals surface area contributed by atoms with Crippen LogP contribution in [0, 0.1) is 3.57 Å². The molecule has 1 aromatic carbocycles. The smallest absolute Gasteiger partial charge is 0.0587 e. The number of halogens is 1. The Bertz CT molecular complexity index is 582. The van der Waals surface area contributed by atoms with Crippen LogP contribution in [0.25, 0.3) is 0 Å². The molecule has 3 nitrogen and oxygen atoms in total. The lowest BCUT2D eigenvalue weighted by Gasteiger charge is -2.23. The summed E-state index contributed by atoms with van der Waals surface area (Å²) in [4.78, 5) is 2.41. The van der Waals surface area contributed by atoms with E-state index < -0.39 is 0 Å². The molecule has 1 fully saturated rings. The van der Waals surface area contributed by atoms with E-state index in [1.807, 2.05) is 0 Å². The third-order valence-corrected chi connectivity index (χ3v) is 4.81. The molecule has 4 heteroatoms. The quantitative estimate of drug-likeness (QED) is 0.787. The topological polar surface area (TPSA) is 28.4 Å². The van der Waals surface area contributed by atoms with Gasteiger partial charge >= 0.3 is 0 Å². The fraction of sp³-hybridized carbons (Fsp3) is 0.412. The van der Waals surface area contributed by atoms with Crippen molar-refractivity contribution in [1.82, 2.24) is 9.47 Å². The maximum absolute atomic E-state index is 9.47. The number of benzene rings is 1. The highest BCUT2D eigenvalue weighted by Gasteiger charge is 2.24. The molecule has 1 aromatic heterocycles. The predicted octanol–water partition coefficient (Wildman–Crippen LogP) is 3.10. The standard InChI is InChI=1S/C17H21IN2O/c18-15-9-17(12-19-8-4-7-16(19)13-21)20(11-15)10-14-5-2-1-3-6-14/h1-3,5-6,9,11,16,21H,4,7-8,10,12-13H2/t16-/m0/s1. The number of aliphatic hydroxyl groups is 1. The molecule has 0 radical (unpaired) electrons. The molecule has 0 aliphatic carbocycles. The van der Waals surface area contributed by atoms with E-state index in [0.29, 0.717) is 6.04 Å². The number of rotatable bonds is 5. The minimum atomic E-state index is 0.274. The first-order valence-corrected chi connectivity index (χ1v) is 8.57. The van der Waals surface area contributed by atoms with Gasteiger partial charge in [0.25, 0.3) is 0 Å². The average molecular weight is 396 g/mol. The van der Waals surface area contributed by atoms with Gasteiger partial charge in [-0.3, -0.25) is 4.90 Å². The molecule has 1 aliphatic rings. The zero-order valence-electron chi connectivity index (χ0n) is 12.1. The van der Waals surface area contributed by atoms with Gasteiger partial charge < -0.3 is 9.67 Å². The fourth-order valence-electron chi connectivity index (χ4n) is 3.09. The summed E-state index contributed by atoms with van der Waals surface area (Å²) in [7, 11) is 0. The molecule has 21 heavy (non-hydrogen) atoms. The van der Waals surface area contributed by atoms with Crippen molar-refractivity contribution in [2.75, 3.05) is 13.2 Å². The second kappa shape index (κ2) is 6.94. The van der Waals surface area contributed by atoms with E-state index >= 15 is 0 Å². The Kier molecular flexibility index (Phi) is 4.98. The molecule has 2 heterocycles. The van der Waals surface area contributed by atoms with Crippen LogP contribution in [0.5, 0.6) is 0 Å². The first kappa shape index (κ1) is 15.1. The second-order valence-corrected chi connectivity index (χ2v) is 6.96. The lowest BCUT2D eigenvalue weighted by molar-refractivity contribution is 0.151. The summed E-state index contributed by atoms with van der Waals surface area (Å²) in [6.07, 6.45) is 4.53. The number of aromatic nitrogens is 1. The van der Waals surface area contributed by atoms with Crippen LogP contribution in [0.2, 0.25) is 0 Å². The van der Waals surface area contributed by atoms with Gasteiger partial charge in [-0.15, -0.1) is 0 Å². The van der Waals surface area contributed by atoms with Gasteiger partial charge in [-0.2, -0.15) is 0 Å². The minimum absolute atomic E-state index is 0.274. The summed E-state index contributed by atoms with van der Waals surface area (Å²) >= 11 is 2.38. The highest BCUT2D eigenvalue weighted by Crippen LogP contribution is 2.22. The summed E-state index contributed by atoms with van der Waals surface area (Å²) < 4.78 is 3.61. The van der Waals surface area contributed by atoms with Gasteiger partial charge in [0.1, 0.15) is 0 Å². The van der Waals surface area contributed by atoms with E-state index in [0.717, 1.165) is 26.1 Å². The van der Waals surface area contributed by atoms with Crippen LogP contribution < -0.4 is 0 Å². The van der Waals surface area contributed by atoms with E-state index in [-0.39, 0.29) is 6.61 Å². The van der Waals surface area contributed by atoms with Crippen molar-refractivity contribution >= 4 is 22.6 Å². The summed E-state index contributed by atoms with van der Waals surface area (Å²) in [6, 6.07) is 13.2. The van der Waals surface area contributed by atoms with Crippen molar-refractivity contribution in [2.45, 2.75) is 32.0 Å². The Morgan fingerprint density at radius 3 is 2.76 bits per heavy atom. The lowest BCUT2D eigenvalue weighted by Crippen LogP contribution is -2.32. The Labute approximate surface area is 139 Å². The number of likely N-dealkylation sites (tertiary alicyclic amines) is 1. The molecule has 0 spiro atoms. The summed E-state index contributed by atoms with van der Waals surface area (Å²) in [5.41, 5.74) is 2.66. The molecular formula is C17H21IN2O. The summed E-state index contributed by atoms with van der Waals surface area (Å²) in [5.74, 6) is 0. The van der Waals surface area contributed by atoms with Crippen LogP contribution in [0.15, 0.2) is 42.6 Å². The fourth-order valence-corrected chi connectivity index (χ4v) is 3.79. The summed E-state index contributed by atoms with van der Waals surface area (Å²) in [6.45, 7) is 3.21. The predicted molar refractivity (Wildman–Crippen MR) is 93.2 cm³/mol. The molecule has 1 atom stereocenters. The Morgan fingerprint density at radius 2 is 2.00 bits per heavy atom. The molecule has 3 rings (SSSR count). The van der Waals surface area contributed by atoms with Crippen LogP contribution >= 0.6 is 22.6 Å². The van der Waals surface area contributed by atoms with Crippen molar-refractivity contribution in [3.63, 3.8) is 0 Å². The first-order chi connectivity index (χ1) is 10.3. The Morgan fingerprint density at radius 1 is 1.19 bits per heavy atom. The van der Waals surface area contributed by atoms with Gasteiger partial charge in [0.05, 0.1) is 6.61 Å². The van der Waals surface area contributed by atoms with Crippen LogP contribution in [0.1, 0.15) is 24.1 Å². The Hall–Kier alpha value is -0.850. The van der Waals surface area contributed by atoms with Gasteiger partial charge in [0.15, 0.2) is 0 Å². The first-order valence-electron chi connectivity index (χ1n) is 7.49. The normalized spacial score (nSPS) is 19.2. The number of aliphatic hydroxyl groups excluding tert-OH is 1. The molecule has 0 unspecified atom stereocenters. The second-order valence-electron chi connectivity index (χ2n) is 5.71. The van der Waals surface area contributed by atoms with E-state index in [4.69, 9.17) is 0 Å². The van der Waals surface area contributed by atoms with E-state index in [9.17, 15) is 5.11 Å². The highest BCUT2D eigenvalue weighted by molar-refractivity contribution is 14.1. The molecule has 1 saturated heterocycles. The van der Waals surface area contributed by atoms with E-state index in [2.05, 4.69) is 74.7 Å².